The van der Waals surface area contributed by atoms with E-state index in [4.69, 9.17) is 4.52 Å². The SMILES string of the molecule is Cc1nc(-c2ccc3c(c2)CC=C3c2nc(N[C@H]3CCCNC3)ncc2C(C)(F)F)no1. The molecule has 32 heavy (non-hydrogen) atoms. The number of fused-ring (bicyclic) bond motifs is 1. The zero-order valence-corrected chi connectivity index (χ0v) is 18.0. The fraction of sp³-hybridized carbons (Fsp3) is 0.391. The summed E-state index contributed by atoms with van der Waals surface area (Å²) in [5.74, 6) is -1.70. The van der Waals surface area contributed by atoms with Crippen molar-refractivity contribution in [1.29, 1.82) is 0 Å². The molecule has 0 radical (unpaired) electrons. The van der Waals surface area contributed by atoms with Gasteiger partial charge in [-0.1, -0.05) is 23.4 Å². The molecule has 0 amide bonds. The lowest BCUT2D eigenvalue weighted by molar-refractivity contribution is 0.0165. The van der Waals surface area contributed by atoms with Crippen molar-refractivity contribution in [2.45, 2.75) is 45.1 Å². The Morgan fingerprint density at radius 2 is 2.12 bits per heavy atom. The number of aryl methyl sites for hydroxylation is 1. The highest BCUT2D eigenvalue weighted by Gasteiger charge is 2.33. The molecule has 2 aliphatic rings. The topological polar surface area (TPSA) is 88.8 Å². The Bertz CT molecular complexity index is 1180. The quantitative estimate of drug-likeness (QED) is 0.620. The summed E-state index contributed by atoms with van der Waals surface area (Å²) in [4.78, 5) is 13.0. The van der Waals surface area contributed by atoms with E-state index in [0.29, 0.717) is 29.7 Å². The van der Waals surface area contributed by atoms with Crippen molar-refractivity contribution in [3.63, 3.8) is 0 Å². The first kappa shape index (κ1) is 20.7. The lowest BCUT2D eigenvalue weighted by atomic mass is 9.97. The van der Waals surface area contributed by atoms with Crippen molar-refractivity contribution in [2.24, 2.45) is 0 Å². The molecular weight excluding hydrogens is 414 g/mol. The zero-order valence-electron chi connectivity index (χ0n) is 18.0. The van der Waals surface area contributed by atoms with Gasteiger partial charge >= 0.3 is 0 Å². The van der Waals surface area contributed by atoms with Crippen LogP contribution in [0.15, 0.2) is 35.0 Å². The molecule has 2 aromatic heterocycles. The molecule has 1 saturated heterocycles. The highest BCUT2D eigenvalue weighted by atomic mass is 19.3. The number of alkyl halides is 2. The van der Waals surface area contributed by atoms with Gasteiger partial charge in [0.05, 0.1) is 11.3 Å². The molecular formula is C23H24F2N6O. The third kappa shape index (κ3) is 4.00. The number of nitrogens with zero attached hydrogens (tertiary/aromatic N) is 4. The van der Waals surface area contributed by atoms with Crippen LogP contribution in [0.1, 0.15) is 48.0 Å². The van der Waals surface area contributed by atoms with E-state index in [9.17, 15) is 8.78 Å². The highest BCUT2D eigenvalue weighted by Crippen LogP contribution is 2.39. The number of halogens is 2. The molecule has 3 aromatic rings. The average Bonchev–Trinajstić information content (AvgIpc) is 3.39. The number of aromatic nitrogens is 4. The monoisotopic (exact) mass is 438 g/mol. The van der Waals surface area contributed by atoms with E-state index in [0.717, 1.165) is 49.5 Å². The second kappa shape index (κ2) is 8.05. The van der Waals surface area contributed by atoms with E-state index < -0.39 is 5.92 Å². The number of nitrogens with one attached hydrogen (secondary N) is 2. The first-order valence-electron chi connectivity index (χ1n) is 10.8. The molecule has 3 heterocycles. The fourth-order valence-electron chi connectivity index (χ4n) is 4.26. The zero-order chi connectivity index (χ0) is 22.3. The van der Waals surface area contributed by atoms with Crippen molar-refractivity contribution >= 4 is 11.5 Å². The number of anilines is 1. The number of piperidine rings is 1. The summed E-state index contributed by atoms with van der Waals surface area (Å²) in [6.45, 7) is 4.40. The summed E-state index contributed by atoms with van der Waals surface area (Å²) >= 11 is 0. The molecule has 0 bridgehead atoms. The van der Waals surface area contributed by atoms with Gasteiger partial charge in [0, 0.05) is 43.8 Å². The summed E-state index contributed by atoms with van der Waals surface area (Å²) in [6.07, 6.45) is 5.84. The van der Waals surface area contributed by atoms with Crippen LogP contribution in [0.25, 0.3) is 17.0 Å². The van der Waals surface area contributed by atoms with Crippen LogP contribution in [0, 0.1) is 6.92 Å². The molecule has 5 rings (SSSR count). The van der Waals surface area contributed by atoms with Gasteiger partial charge in [0.25, 0.3) is 5.92 Å². The van der Waals surface area contributed by atoms with Gasteiger partial charge in [0.2, 0.25) is 17.7 Å². The Labute approximate surface area is 184 Å². The molecule has 0 spiro atoms. The summed E-state index contributed by atoms with van der Waals surface area (Å²) in [6, 6.07) is 5.93. The minimum atomic E-state index is -3.06. The average molecular weight is 438 g/mol. The minimum Gasteiger partial charge on any atom is -0.350 e. The number of allylic oxidation sites excluding steroid dienone is 1. The molecule has 1 fully saturated rings. The molecule has 1 aromatic carbocycles. The van der Waals surface area contributed by atoms with Crippen LogP contribution in [0.3, 0.4) is 0 Å². The third-order valence-corrected chi connectivity index (χ3v) is 5.85. The maximum Gasteiger partial charge on any atom is 0.274 e. The smallest absolute Gasteiger partial charge is 0.274 e. The van der Waals surface area contributed by atoms with Crippen LogP contribution in [0.2, 0.25) is 0 Å². The lowest BCUT2D eigenvalue weighted by Crippen LogP contribution is -2.38. The minimum absolute atomic E-state index is 0.176. The van der Waals surface area contributed by atoms with Gasteiger partial charge in [-0.2, -0.15) is 4.98 Å². The summed E-state index contributed by atoms with van der Waals surface area (Å²) < 4.78 is 34.0. The van der Waals surface area contributed by atoms with Crippen molar-refractivity contribution in [3.8, 4) is 11.4 Å². The Morgan fingerprint density at radius 1 is 1.25 bits per heavy atom. The van der Waals surface area contributed by atoms with Crippen LogP contribution in [0.4, 0.5) is 14.7 Å². The van der Waals surface area contributed by atoms with Gasteiger partial charge < -0.3 is 15.2 Å². The highest BCUT2D eigenvalue weighted by molar-refractivity contribution is 5.86. The Balaban J connectivity index is 1.50. The predicted molar refractivity (Wildman–Crippen MR) is 116 cm³/mol. The van der Waals surface area contributed by atoms with Crippen molar-refractivity contribution < 1.29 is 13.3 Å². The van der Waals surface area contributed by atoms with Crippen molar-refractivity contribution in [3.05, 3.63) is 58.7 Å². The maximum absolute atomic E-state index is 14.5. The van der Waals surface area contributed by atoms with Gasteiger partial charge in [-0.25, -0.2) is 18.7 Å². The predicted octanol–water partition coefficient (Wildman–Crippen LogP) is 4.10. The largest absolute Gasteiger partial charge is 0.350 e. The van der Waals surface area contributed by atoms with Crippen LogP contribution in [-0.2, 0) is 12.3 Å². The number of hydrogen-bond donors (Lipinski definition) is 2. The van der Waals surface area contributed by atoms with Gasteiger partial charge in [-0.05, 0) is 43.0 Å². The third-order valence-electron chi connectivity index (χ3n) is 5.85. The van der Waals surface area contributed by atoms with Crippen LogP contribution in [-0.4, -0.2) is 39.2 Å². The van der Waals surface area contributed by atoms with Crippen molar-refractivity contribution in [2.75, 3.05) is 18.4 Å². The Kier molecular flexibility index (Phi) is 5.21. The number of benzene rings is 1. The van der Waals surface area contributed by atoms with Gasteiger partial charge in [0.15, 0.2) is 0 Å². The second-order valence-corrected chi connectivity index (χ2v) is 8.36. The van der Waals surface area contributed by atoms with Gasteiger partial charge in [0.1, 0.15) is 0 Å². The first-order chi connectivity index (χ1) is 15.4. The molecule has 0 saturated carbocycles. The van der Waals surface area contributed by atoms with E-state index in [2.05, 4.69) is 30.7 Å². The second-order valence-electron chi connectivity index (χ2n) is 8.36. The van der Waals surface area contributed by atoms with E-state index in [-0.39, 0.29) is 17.3 Å². The van der Waals surface area contributed by atoms with Crippen LogP contribution in [0.5, 0.6) is 0 Å². The maximum atomic E-state index is 14.5. The fourth-order valence-corrected chi connectivity index (χ4v) is 4.26. The summed E-state index contributed by atoms with van der Waals surface area (Å²) in [5, 5.41) is 10.6. The standard InChI is InChI=1S/C23H24F2N6O/c1-13-28-21(31-32-13)15-6-7-17-14(10-15)5-8-18(17)20-19(23(2,24)25)12-27-22(30-20)29-16-4-3-9-26-11-16/h6-8,10,12,16,26H,3-5,9,11H2,1-2H3,(H,27,29,30)/t16-/m0/s1. The van der Waals surface area contributed by atoms with E-state index in [1.165, 1.54) is 6.20 Å². The van der Waals surface area contributed by atoms with E-state index in [1.807, 2.05) is 24.3 Å². The Hall–Kier alpha value is -3.20. The van der Waals surface area contributed by atoms with E-state index in [1.54, 1.807) is 6.92 Å². The molecule has 2 N–H and O–H groups in total. The van der Waals surface area contributed by atoms with Gasteiger partial charge in [-0.3, -0.25) is 0 Å². The molecule has 1 aliphatic heterocycles. The Morgan fingerprint density at radius 3 is 2.84 bits per heavy atom. The number of rotatable bonds is 5. The molecule has 1 aliphatic carbocycles. The molecule has 0 unspecified atom stereocenters. The normalized spacial score (nSPS) is 18.4. The lowest BCUT2D eigenvalue weighted by Gasteiger charge is -2.24. The molecule has 7 nitrogen and oxygen atoms in total. The van der Waals surface area contributed by atoms with Crippen LogP contribution >= 0.6 is 0 Å². The first-order valence-corrected chi connectivity index (χ1v) is 10.8. The van der Waals surface area contributed by atoms with E-state index >= 15 is 0 Å². The summed E-state index contributed by atoms with van der Waals surface area (Å²) in [7, 11) is 0. The molecule has 9 heteroatoms. The van der Waals surface area contributed by atoms with Gasteiger partial charge in [-0.15, -0.1) is 0 Å². The summed E-state index contributed by atoms with van der Waals surface area (Å²) in [5.41, 5.74) is 3.49. The van der Waals surface area contributed by atoms with Crippen molar-refractivity contribution in [1.82, 2.24) is 25.4 Å². The number of hydrogen-bond acceptors (Lipinski definition) is 7. The molecule has 166 valence electrons. The van der Waals surface area contributed by atoms with Crippen LogP contribution < -0.4 is 10.6 Å². The molecule has 1 atom stereocenters.